The second-order valence-electron chi connectivity index (χ2n) is 5.78. The molecule has 0 radical (unpaired) electrons. The minimum absolute atomic E-state index is 0.218. The van der Waals surface area contributed by atoms with Gasteiger partial charge in [0, 0.05) is 29.6 Å². The summed E-state index contributed by atoms with van der Waals surface area (Å²) in [4.78, 5) is 0. The molecule has 1 aliphatic heterocycles. The highest BCUT2D eigenvalue weighted by atomic mass is 79.9. The van der Waals surface area contributed by atoms with Gasteiger partial charge in [0.2, 0.25) is 0 Å². The maximum absolute atomic E-state index is 6.06. The first kappa shape index (κ1) is 15.0. The molecule has 1 saturated heterocycles. The highest BCUT2D eigenvalue weighted by Crippen LogP contribution is 2.37. The van der Waals surface area contributed by atoms with E-state index in [1.165, 1.54) is 28.4 Å². The molecule has 106 valence electrons. The van der Waals surface area contributed by atoms with Gasteiger partial charge in [-0.15, -0.1) is 0 Å². The van der Waals surface area contributed by atoms with Crippen molar-refractivity contribution >= 4 is 15.9 Å². The van der Waals surface area contributed by atoms with Crippen LogP contribution in [-0.2, 0) is 4.74 Å². The minimum atomic E-state index is 0.218. The second-order valence-corrected chi connectivity index (χ2v) is 6.64. The summed E-state index contributed by atoms with van der Waals surface area (Å²) in [5, 5.41) is 3.55. The van der Waals surface area contributed by atoms with E-state index in [1.807, 2.05) is 0 Å². The SMILES string of the molecule is Cc1ccc(C2OCCCC2CNC(C)C)c(Br)c1. The van der Waals surface area contributed by atoms with Gasteiger partial charge in [0.15, 0.2) is 0 Å². The molecule has 1 fully saturated rings. The number of hydrogen-bond donors (Lipinski definition) is 1. The smallest absolute Gasteiger partial charge is 0.0876 e. The number of ether oxygens (including phenoxy) is 1. The Morgan fingerprint density at radius 1 is 1.42 bits per heavy atom. The van der Waals surface area contributed by atoms with Crippen LogP contribution in [0.15, 0.2) is 22.7 Å². The van der Waals surface area contributed by atoms with Crippen LogP contribution in [0.1, 0.15) is 43.9 Å². The zero-order chi connectivity index (χ0) is 13.8. The first-order valence-electron chi connectivity index (χ1n) is 7.19. The van der Waals surface area contributed by atoms with Crippen LogP contribution >= 0.6 is 15.9 Å². The van der Waals surface area contributed by atoms with Crippen LogP contribution in [-0.4, -0.2) is 19.2 Å². The van der Waals surface area contributed by atoms with Crippen LogP contribution in [0.5, 0.6) is 0 Å². The van der Waals surface area contributed by atoms with Crippen molar-refractivity contribution in [1.29, 1.82) is 0 Å². The lowest BCUT2D eigenvalue weighted by molar-refractivity contribution is -0.0286. The molecule has 19 heavy (non-hydrogen) atoms. The van der Waals surface area contributed by atoms with Crippen LogP contribution in [0.4, 0.5) is 0 Å². The Kier molecular flexibility index (Phi) is 5.43. The number of hydrogen-bond acceptors (Lipinski definition) is 2. The van der Waals surface area contributed by atoms with Crippen molar-refractivity contribution in [2.75, 3.05) is 13.2 Å². The Hall–Kier alpha value is -0.380. The van der Waals surface area contributed by atoms with Crippen LogP contribution in [0, 0.1) is 12.8 Å². The number of benzene rings is 1. The van der Waals surface area contributed by atoms with Gasteiger partial charge >= 0.3 is 0 Å². The Bertz CT molecular complexity index is 419. The predicted octanol–water partition coefficient (Wildman–Crippen LogP) is 4.22. The number of halogens is 1. The normalized spacial score (nSPS) is 23.8. The summed E-state index contributed by atoms with van der Waals surface area (Å²) >= 11 is 3.69. The average Bonchev–Trinajstić information content (AvgIpc) is 2.37. The molecule has 0 aliphatic carbocycles. The van der Waals surface area contributed by atoms with Gasteiger partial charge in [0.25, 0.3) is 0 Å². The summed E-state index contributed by atoms with van der Waals surface area (Å²) in [7, 11) is 0. The van der Waals surface area contributed by atoms with Crippen molar-refractivity contribution in [3.05, 3.63) is 33.8 Å². The molecule has 0 amide bonds. The van der Waals surface area contributed by atoms with Crippen molar-refractivity contribution in [3.8, 4) is 0 Å². The zero-order valence-electron chi connectivity index (χ0n) is 12.1. The van der Waals surface area contributed by atoms with Crippen molar-refractivity contribution in [2.45, 2.75) is 45.8 Å². The topological polar surface area (TPSA) is 21.3 Å². The number of rotatable bonds is 4. The molecule has 1 N–H and O–H groups in total. The van der Waals surface area contributed by atoms with E-state index in [9.17, 15) is 0 Å². The molecule has 2 atom stereocenters. The zero-order valence-corrected chi connectivity index (χ0v) is 13.7. The highest BCUT2D eigenvalue weighted by Gasteiger charge is 2.28. The summed E-state index contributed by atoms with van der Waals surface area (Å²) in [5.41, 5.74) is 2.57. The number of nitrogens with one attached hydrogen (secondary N) is 1. The van der Waals surface area contributed by atoms with Crippen LogP contribution < -0.4 is 5.32 Å². The molecule has 2 rings (SSSR count). The highest BCUT2D eigenvalue weighted by molar-refractivity contribution is 9.10. The monoisotopic (exact) mass is 325 g/mol. The van der Waals surface area contributed by atoms with Gasteiger partial charge in [-0.3, -0.25) is 0 Å². The van der Waals surface area contributed by atoms with E-state index >= 15 is 0 Å². The van der Waals surface area contributed by atoms with Gasteiger partial charge in [0.1, 0.15) is 0 Å². The Morgan fingerprint density at radius 3 is 2.89 bits per heavy atom. The van der Waals surface area contributed by atoms with Crippen LogP contribution in [0.2, 0.25) is 0 Å². The fourth-order valence-corrected chi connectivity index (χ4v) is 3.36. The van der Waals surface area contributed by atoms with Gasteiger partial charge in [-0.2, -0.15) is 0 Å². The molecule has 1 heterocycles. The molecule has 0 bridgehead atoms. The van der Waals surface area contributed by atoms with Gasteiger partial charge in [-0.1, -0.05) is 41.9 Å². The summed E-state index contributed by atoms with van der Waals surface area (Å²) in [6.07, 6.45) is 2.63. The first-order valence-corrected chi connectivity index (χ1v) is 7.98. The van der Waals surface area contributed by atoms with Crippen molar-refractivity contribution in [1.82, 2.24) is 5.32 Å². The summed E-state index contributed by atoms with van der Waals surface area (Å²) in [6.45, 7) is 8.42. The summed E-state index contributed by atoms with van der Waals surface area (Å²) < 4.78 is 7.23. The van der Waals surface area contributed by atoms with Gasteiger partial charge in [0.05, 0.1) is 6.10 Å². The predicted molar refractivity (Wildman–Crippen MR) is 83.4 cm³/mol. The van der Waals surface area contributed by atoms with E-state index in [0.717, 1.165) is 13.2 Å². The van der Waals surface area contributed by atoms with Gasteiger partial charge < -0.3 is 10.1 Å². The van der Waals surface area contributed by atoms with Gasteiger partial charge in [-0.25, -0.2) is 0 Å². The van der Waals surface area contributed by atoms with E-state index in [-0.39, 0.29) is 6.10 Å². The molecule has 0 aromatic heterocycles. The molecule has 1 aromatic carbocycles. The molecule has 0 spiro atoms. The van der Waals surface area contributed by atoms with E-state index in [0.29, 0.717) is 12.0 Å². The van der Waals surface area contributed by atoms with Crippen molar-refractivity contribution < 1.29 is 4.74 Å². The Labute approximate surface area is 125 Å². The molecule has 2 unspecified atom stereocenters. The van der Waals surface area contributed by atoms with E-state index in [2.05, 4.69) is 60.2 Å². The Morgan fingerprint density at radius 2 is 2.21 bits per heavy atom. The molecule has 1 aliphatic rings. The first-order chi connectivity index (χ1) is 9.08. The molecule has 2 nitrogen and oxygen atoms in total. The Balaban J connectivity index is 2.14. The maximum Gasteiger partial charge on any atom is 0.0876 e. The quantitative estimate of drug-likeness (QED) is 0.894. The summed E-state index contributed by atoms with van der Waals surface area (Å²) in [5.74, 6) is 0.565. The fraction of sp³-hybridized carbons (Fsp3) is 0.625. The van der Waals surface area contributed by atoms with E-state index < -0.39 is 0 Å². The molecule has 3 heteroatoms. The minimum Gasteiger partial charge on any atom is -0.373 e. The third kappa shape index (κ3) is 4.04. The second kappa shape index (κ2) is 6.87. The molecule has 0 saturated carbocycles. The molecular formula is C16H24BrNO. The van der Waals surface area contributed by atoms with Crippen molar-refractivity contribution in [3.63, 3.8) is 0 Å². The largest absolute Gasteiger partial charge is 0.373 e. The average molecular weight is 326 g/mol. The van der Waals surface area contributed by atoms with E-state index in [1.54, 1.807) is 0 Å². The fourth-order valence-electron chi connectivity index (χ4n) is 2.65. The van der Waals surface area contributed by atoms with Crippen molar-refractivity contribution in [2.24, 2.45) is 5.92 Å². The van der Waals surface area contributed by atoms with E-state index in [4.69, 9.17) is 4.74 Å². The summed E-state index contributed by atoms with van der Waals surface area (Å²) in [6, 6.07) is 7.09. The lowest BCUT2D eigenvalue weighted by Gasteiger charge is -2.33. The third-order valence-electron chi connectivity index (χ3n) is 3.70. The third-order valence-corrected chi connectivity index (χ3v) is 4.38. The maximum atomic E-state index is 6.06. The molecule has 1 aromatic rings. The number of aryl methyl sites for hydroxylation is 1. The molecular weight excluding hydrogens is 302 g/mol. The van der Waals surface area contributed by atoms with Gasteiger partial charge in [-0.05, 0) is 37.0 Å². The van der Waals surface area contributed by atoms with Crippen LogP contribution in [0.25, 0.3) is 0 Å². The standard InChI is InChI=1S/C16H24BrNO/c1-11(2)18-10-13-5-4-8-19-16(13)14-7-6-12(3)9-15(14)17/h6-7,9,11,13,16,18H,4-5,8,10H2,1-3H3. The lowest BCUT2D eigenvalue weighted by atomic mass is 9.89. The lowest BCUT2D eigenvalue weighted by Crippen LogP contribution is -2.35. The van der Waals surface area contributed by atoms with Crippen LogP contribution in [0.3, 0.4) is 0 Å².